The highest BCUT2D eigenvalue weighted by atomic mass is 15.2. The molecule has 16 heavy (non-hydrogen) atoms. The molecule has 0 unspecified atom stereocenters. The van der Waals surface area contributed by atoms with E-state index in [0.29, 0.717) is 0 Å². The number of likely N-dealkylation sites (N-methyl/N-ethyl adjacent to an activating group) is 2. The maximum absolute atomic E-state index is 4.16. The van der Waals surface area contributed by atoms with Crippen molar-refractivity contribution in [2.75, 3.05) is 46.2 Å². The number of nitrogens with one attached hydrogen (secondary N) is 1. The second-order valence-electron chi connectivity index (χ2n) is 4.26. The Morgan fingerprint density at radius 2 is 2.00 bits per heavy atom. The summed E-state index contributed by atoms with van der Waals surface area (Å²) >= 11 is 0. The lowest BCUT2D eigenvalue weighted by Crippen LogP contribution is -2.29. The van der Waals surface area contributed by atoms with E-state index < -0.39 is 0 Å². The maximum atomic E-state index is 4.16. The Labute approximate surface area is 98.3 Å². The molecule has 4 heteroatoms. The van der Waals surface area contributed by atoms with E-state index in [2.05, 4.69) is 47.3 Å². The van der Waals surface area contributed by atoms with Crippen LogP contribution in [-0.4, -0.2) is 51.2 Å². The molecule has 0 aromatic carbocycles. The molecule has 90 valence electrons. The van der Waals surface area contributed by atoms with Crippen LogP contribution in [0, 0.1) is 0 Å². The lowest BCUT2D eigenvalue weighted by atomic mass is 10.2. The van der Waals surface area contributed by atoms with Crippen LogP contribution in [0.5, 0.6) is 0 Å². The number of nitrogens with zero attached hydrogens (tertiary/aromatic N) is 3. The molecule has 1 aromatic rings. The highest BCUT2D eigenvalue weighted by Gasteiger charge is 2.06. The highest BCUT2D eigenvalue weighted by Crippen LogP contribution is 2.17. The topological polar surface area (TPSA) is 31.4 Å². The summed E-state index contributed by atoms with van der Waals surface area (Å²) in [6.45, 7) is 2.93. The summed E-state index contributed by atoms with van der Waals surface area (Å²) in [5.41, 5.74) is 2.50. The van der Waals surface area contributed by atoms with Crippen molar-refractivity contribution in [3.05, 3.63) is 24.0 Å². The molecule has 0 saturated carbocycles. The van der Waals surface area contributed by atoms with Crippen LogP contribution in [0.15, 0.2) is 18.5 Å². The van der Waals surface area contributed by atoms with Crippen molar-refractivity contribution in [3.63, 3.8) is 0 Å². The van der Waals surface area contributed by atoms with Gasteiger partial charge in [0.1, 0.15) is 0 Å². The number of pyridine rings is 1. The molecule has 0 amide bonds. The van der Waals surface area contributed by atoms with Crippen molar-refractivity contribution in [3.8, 4) is 0 Å². The summed E-state index contributed by atoms with van der Waals surface area (Å²) in [4.78, 5) is 8.63. The largest absolute Gasteiger partial charge is 0.373 e. The minimum Gasteiger partial charge on any atom is -0.373 e. The first kappa shape index (κ1) is 12.9. The van der Waals surface area contributed by atoms with E-state index in [1.165, 1.54) is 11.3 Å². The third-order valence-electron chi connectivity index (χ3n) is 2.54. The Morgan fingerprint density at radius 3 is 2.62 bits per heavy atom. The normalized spacial score (nSPS) is 10.8. The van der Waals surface area contributed by atoms with Crippen molar-refractivity contribution in [2.24, 2.45) is 0 Å². The van der Waals surface area contributed by atoms with E-state index in [1.807, 2.05) is 19.4 Å². The molecule has 0 aliphatic carbocycles. The monoisotopic (exact) mass is 222 g/mol. The van der Waals surface area contributed by atoms with Gasteiger partial charge in [-0.3, -0.25) is 4.98 Å². The fourth-order valence-corrected chi connectivity index (χ4v) is 1.59. The van der Waals surface area contributed by atoms with Gasteiger partial charge in [0.05, 0.1) is 0 Å². The lowest BCUT2D eigenvalue weighted by molar-refractivity contribution is 0.416. The van der Waals surface area contributed by atoms with Crippen molar-refractivity contribution in [2.45, 2.75) is 6.54 Å². The summed E-state index contributed by atoms with van der Waals surface area (Å²) in [6, 6.07) is 2.07. The molecule has 4 nitrogen and oxygen atoms in total. The number of rotatable bonds is 6. The van der Waals surface area contributed by atoms with Gasteiger partial charge in [-0.2, -0.15) is 0 Å². The van der Waals surface area contributed by atoms with Crippen molar-refractivity contribution < 1.29 is 0 Å². The second kappa shape index (κ2) is 6.45. The van der Waals surface area contributed by atoms with Crippen LogP contribution in [0.2, 0.25) is 0 Å². The Bertz CT molecular complexity index is 312. The van der Waals surface area contributed by atoms with Gasteiger partial charge in [0.25, 0.3) is 0 Å². The lowest BCUT2D eigenvalue weighted by Gasteiger charge is -2.23. The Kier molecular flexibility index (Phi) is 5.22. The van der Waals surface area contributed by atoms with Crippen molar-refractivity contribution >= 4 is 5.69 Å². The van der Waals surface area contributed by atoms with Crippen LogP contribution in [-0.2, 0) is 6.54 Å². The first-order chi connectivity index (χ1) is 7.65. The SMILES string of the molecule is CNCc1cnccc1N(C)CCN(C)C. The molecular weight excluding hydrogens is 200 g/mol. The third kappa shape index (κ3) is 3.79. The molecule has 1 heterocycles. The standard InChI is InChI=1S/C12H22N4/c1-13-9-11-10-14-6-5-12(11)16(4)8-7-15(2)3/h5-6,10,13H,7-9H2,1-4H3. The van der Waals surface area contributed by atoms with Gasteiger partial charge in [-0.05, 0) is 27.2 Å². The van der Waals surface area contributed by atoms with Crippen LogP contribution in [0.4, 0.5) is 5.69 Å². The zero-order chi connectivity index (χ0) is 12.0. The summed E-state index contributed by atoms with van der Waals surface area (Å²) in [6.07, 6.45) is 3.78. The summed E-state index contributed by atoms with van der Waals surface area (Å²) in [5.74, 6) is 0. The number of anilines is 1. The van der Waals surface area contributed by atoms with Gasteiger partial charge in [0.2, 0.25) is 0 Å². The van der Waals surface area contributed by atoms with Crippen molar-refractivity contribution in [1.29, 1.82) is 0 Å². The zero-order valence-corrected chi connectivity index (χ0v) is 10.7. The van der Waals surface area contributed by atoms with Crippen molar-refractivity contribution in [1.82, 2.24) is 15.2 Å². The van der Waals surface area contributed by atoms with E-state index in [9.17, 15) is 0 Å². The molecule has 1 aromatic heterocycles. The number of hydrogen-bond acceptors (Lipinski definition) is 4. The maximum Gasteiger partial charge on any atom is 0.0440 e. The van der Waals surface area contributed by atoms with Crippen LogP contribution in [0.3, 0.4) is 0 Å². The molecule has 0 aliphatic heterocycles. The second-order valence-corrected chi connectivity index (χ2v) is 4.26. The fraction of sp³-hybridized carbons (Fsp3) is 0.583. The summed E-state index contributed by atoms with van der Waals surface area (Å²) in [5, 5.41) is 3.17. The summed E-state index contributed by atoms with van der Waals surface area (Å²) in [7, 11) is 8.26. The quantitative estimate of drug-likeness (QED) is 0.771. The minimum absolute atomic E-state index is 0.857. The summed E-state index contributed by atoms with van der Waals surface area (Å²) < 4.78 is 0. The van der Waals surface area contributed by atoms with Gasteiger partial charge in [0, 0.05) is 50.3 Å². The van der Waals surface area contributed by atoms with Gasteiger partial charge >= 0.3 is 0 Å². The van der Waals surface area contributed by atoms with Gasteiger partial charge in [-0.15, -0.1) is 0 Å². The first-order valence-electron chi connectivity index (χ1n) is 5.58. The Balaban J connectivity index is 2.69. The van der Waals surface area contributed by atoms with E-state index in [4.69, 9.17) is 0 Å². The van der Waals surface area contributed by atoms with Gasteiger partial charge < -0.3 is 15.1 Å². The molecule has 0 atom stereocenters. The van der Waals surface area contributed by atoms with Crippen LogP contribution >= 0.6 is 0 Å². The van der Waals surface area contributed by atoms with E-state index in [0.717, 1.165) is 19.6 Å². The van der Waals surface area contributed by atoms with E-state index in [1.54, 1.807) is 0 Å². The molecule has 0 aliphatic rings. The smallest absolute Gasteiger partial charge is 0.0440 e. The van der Waals surface area contributed by atoms with Crippen LogP contribution in [0.1, 0.15) is 5.56 Å². The number of hydrogen-bond donors (Lipinski definition) is 1. The number of aromatic nitrogens is 1. The molecular formula is C12H22N4. The van der Waals surface area contributed by atoms with Gasteiger partial charge in [-0.1, -0.05) is 0 Å². The molecule has 1 rings (SSSR count). The first-order valence-corrected chi connectivity index (χ1v) is 5.58. The fourth-order valence-electron chi connectivity index (χ4n) is 1.59. The zero-order valence-electron chi connectivity index (χ0n) is 10.7. The van der Waals surface area contributed by atoms with E-state index >= 15 is 0 Å². The molecule has 0 fully saturated rings. The van der Waals surface area contributed by atoms with Crippen LogP contribution < -0.4 is 10.2 Å². The van der Waals surface area contributed by atoms with Crippen LogP contribution in [0.25, 0.3) is 0 Å². The predicted octanol–water partition coefficient (Wildman–Crippen LogP) is 0.799. The highest BCUT2D eigenvalue weighted by molar-refractivity contribution is 5.51. The van der Waals surface area contributed by atoms with Gasteiger partial charge in [0.15, 0.2) is 0 Å². The Morgan fingerprint density at radius 1 is 1.25 bits per heavy atom. The van der Waals surface area contributed by atoms with E-state index in [-0.39, 0.29) is 0 Å². The third-order valence-corrected chi connectivity index (χ3v) is 2.54. The predicted molar refractivity (Wildman–Crippen MR) is 68.8 cm³/mol. The van der Waals surface area contributed by atoms with Gasteiger partial charge in [-0.25, -0.2) is 0 Å². The minimum atomic E-state index is 0.857. The Hall–Kier alpha value is -1.13. The average molecular weight is 222 g/mol. The molecule has 0 radical (unpaired) electrons. The molecule has 1 N–H and O–H groups in total. The molecule has 0 saturated heterocycles. The molecule has 0 spiro atoms. The average Bonchev–Trinajstić information content (AvgIpc) is 2.27. The molecule has 0 bridgehead atoms.